The first kappa shape index (κ1) is 17.8. The molecule has 1 aliphatic rings. The number of ether oxygens (including phenoxy) is 1. The van der Waals surface area contributed by atoms with Crippen molar-refractivity contribution in [3.63, 3.8) is 0 Å². The van der Waals surface area contributed by atoms with Crippen LogP contribution in [0.4, 0.5) is 0 Å². The van der Waals surface area contributed by atoms with Gasteiger partial charge in [0, 0.05) is 25.2 Å². The molecule has 1 atom stereocenters. The van der Waals surface area contributed by atoms with Crippen LogP contribution in [0.3, 0.4) is 0 Å². The summed E-state index contributed by atoms with van der Waals surface area (Å²) in [5.74, 6) is 0.774. The van der Waals surface area contributed by atoms with E-state index in [0.717, 1.165) is 37.2 Å². The Bertz CT molecular complexity index is 534. The molecule has 0 spiro atoms. The highest BCUT2D eigenvalue weighted by molar-refractivity contribution is 5.81. The molecule has 1 aliphatic heterocycles. The van der Waals surface area contributed by atoms with E-state index in [9.17, 15) is 4.79 Å². The summed E-state index contributed by atoms with van der Waals surface area (Å²) in [4.78, 5) is 14.8. The molecule has 2 rings (SSSR count). The van der Waals surface area contributed by atoms with Gasteiger partial charge in [-0.1, -0.05) is 12.1 Å². The number of likely N-dealkylation sites (tertiary alicyclic amines) is 1. The first-order valence-electron chi connectivity index (χ1n) is 8.65. The smallest absolute Gasteiger partial charge is 0.260 e. The molecule has 0 saturated carbocycles. The average Bonchev–Trinajstić information content (AvgIpc) is 2.52. The molecule has 4 heteroatoms. The zero-order valence-electron chi connectivity index (χ0n) is 15.1. The molecule has 0 unspecified atom stereocenters. The van der Waals surface area contributed by atoms with Gasteiger partial charge in [-0.05, 0) is 64.7 Å². The molecular weight excluding hydrogens is 288 g/mol. The van der Waals surface area contributed by atoms with Crippen molar-refractivity contribution in [1.82, 2.24) is 10.2 Å². The molecule has 0 bridgehead atoms. The molecule has 1 fully saturated rings. The Labute approximate surface area is 140 Å². The minimum atomic E-state index is -0.473. The zero-order chi connectivity index (χ0) is 17.0. The molecule has 1 saturated heterocycles. The van der Waals surface area contributed by atoms with Gasteiger partial charge in [0.05, 0.1) is 0 Å². The second-order valence-electron chi connectivity index (χ2n) is 6.87. The SMILES string of the molecule is Cc1cccc(O[C@H](C)C(=O)NC2CCN(C(C)C)CC2)c1C. The van der Waals surface area contributed by atoms with Crippen molar-refractivity contribution in [1.29, 1.82) is 0 Å². The van der Waals surface area contributed by atoms with Crippen LogP contribution in [0, 0.1) is 13.8 Å². The van der Waals surface area contributed by atoms with E-state index in [1.54, 1.807) is 0 Å². The quantitative estimate of drug-likeness (QED) is 0.907. The van der Waals surface area contributed by atoms with Crippen LogP contribution in [0.2, 0.25) is 0 Å². The number of amides is 1. The molecule has 1 heterocycles. The van der Waals surface area contributed by atoms with Crippen molar-refractivity contribution in [3.05, 3.63) is 29.3 Å². The summed E-state index contributed by atoms with van der Waals surface area (Å²) in [6, 6.07) is 6.78. The lowest BCUT2D eigenvalue weighted by atomic mass is 10.0. The topological polar surface area (TPSA) is 41.6 Å². The van der Waals surface area contributed by atoms with Crippen LogP contribution in [-0.4, -0.2) is 42.1 Å². The Hall–Kier alpha value is -1.55. The predicted octanol–water partition coefficient (Wildman–Crippen LogP) is 3.06. The van der Waals surface area contributed by atoms with Gasteiger partial charge in [-0.3, -0.25) is 4.79 Å². The normalized spacial score (nSPS) is 18.0. The maximum Gasteiger partial charge on any atom is 0.260 e. The van der Waals surface area contributed by atoms with Crippen LogP contribution in [0.15, 0.2) is 18.2 Å². The van der Waals surface area contributed by atoms with Gasteiger partial charge in [0.25, 0.3) is 5.91 Å². The summed E-state index contributed by atoms with van der Waals surface area (Å²) < 4.78 is 5.87. The monoisotopic (exact) mass is 318 g/mol. The maximum atomic E-state index is 12.4. The third-order valence-corrected chi connectivity index (χ3v) is 4.83. The zero-order valence-corrected chi connectivity index (χ0v) is 15.1. The fraction of sp³-hybridized carbons (Fsp3) is 0.632. The number of aryl methyl sites for hydroxylation is 1. The van der Waals surface area contributed by atoms with E-state index in [-0.39, 0.29) is 11.9 Å². The first-order valence-corrected chi connectivity index (χ1v) is 8.65. The third-order valence-electron chi connectivity index (χ3n) is 4.83. The summed E-state index contributed by atoms with van der Waals surface area (Å²) in [6.07, 6.45) is 1.55. The molecule has 4 nitrogen and oxygen atoms in total. The Morgan fingerprint density at radius 3 is 2.48 bits per heavy atom. The van der Waals surface area contributed by atoms with Crippen LogP contribution >= 0.6 is 0 Å². The van der Waals surface area contributed by atoms with E-state index in [0.29, 0.717) is 6.04 Å². The van der Waals surface area contributed by atoms with Crippen LogP contribution in [0.25, 0.3) is 0 Å². The number of benzene rings is 1. The Balaban J connectivity index is 1.85. The van der Waals surface area contributed by atoms with E-state index < -0.39 is 6.10 Å². The number of hydrogen-bond donors (Lipinski definition) is 1. The molecule has 1 N–H and O–H groups in total. The number of carbonyl (C=O) groups excluding carboxylic acids is 1. The molecule has 0 radical (unpaired) electrons. The maximum absolute atomic E-state index is 12.4. The van der Waals surface area contributed by atoms with Gasteiger partial charge in [0.2, 0.25) is 0 Å². The Morgan fingerprint density at radius 2 is 1.87 bits per heavy atom. The van der Waals surface area contributed by atoms with Gasteiger partial charge in [0.15, 0.2) is 6.10 Å². The molecule has 0 aliphatic carbocycles. The number of piperidine rings is 1. The second-order valence-corrected chi connectivity index (χ2v) is 6.87. The number of nitrogens with zero attached hydrogens (tertiary/aromatic N) is 1. The fourth-order valence-corrected chi connectivity index (χ4v) is 2.97. The van der Waals surface area contributed by atoms with E-state index in [1.165, 1.54) is 5.56 Å². The highest BCUT2D eigenvalue weighted by atomic mass is 16.5. The van der Waals surface area contributed by atoms with Crippen molar-refractivity contribution in [2.24, 2.45) is 0 Å². The van der Waals surface area contributed by atoms with E-state index in [1.807, 2.05) is 26.0 Å². The Morgan fingerprint density at radius 1 is 1.22 bits per heavy atom. The lowest BCUT2D eigenvalue weighted by Crippen LogP contribution is -2.49. The number of carbonyl (C=O) groups is 1. The van der Waals surface area contributed by atoms with Crippen molar-refractivity contribution < 1.29 is 9.53 Å². The number of nitrogens with one attached hydrogen (secondary N) is 1. The lowest BCUT2D eigenvalue weighted by molar-refractivity contribution is -0.128. The number of hydrogen-bond acceptors (Lipinski definition) is 3. The largest absolute Gasteiger partial charge is 0.481 e. The fourth-order valence-electron chi connectivity index (χ4n) is 2.97. The number of rotatable bonds is 5. The summed E-state index contributed by atoms with van der Waals surface area (Å²) in [5.41, 5.74) is 2.27. The van der Waals surface area contributed by atoms with Gasteiger partial charge in [-0.25, -0.2) is 0 Å². The molecule has 1 aromatic carbocycles. The van der Waals surface area contributed by atoms with E-state index in [2.05, 4.69) is 37.1 Å². The minimum Gasteiger partial charge on any atom is -0.481 e. The van der Waals surface area contributed by atoms with Crippen molar-refractivity contribution in [2.75, 3.05) is 13.1 Å². The Kier molecular flexibility index (Phi) is 6.05. The minimum absolute atomic E-state index is 0.0195. The summed E-state index contributed by atoms with van der Waals surface area (Å²) >= 11 is 0. The highest BCUT2D eigenvalue weighted by Gasteiger charge is 2.24. The van der Waals surface area contributed by atoms with Gasteiger partial charge in [-0.15, -0.1) is 0 Å². The molecule has 0 aromatic heterocycles. The summed E-state index contributed by atoms with van der Waals surface area (Å²) in [5, 5.41) is 3.14. The predicted molar refractivity (Wildman–Crippen MR) is 93.9 cm³/mol. The lowest BCUT2D eigenvalue weighted by Gasteiger charge is -2.35. The van der Waals surface area contributed by atoms with E-state index >= 15 is 0 Å². The van der Waals surface area contributed by atoms with Crippen LogP contribution in [0.5, 0.6) is 5.75 Å². The van der Waals surface area contributed by atoms with Crippen LogP contribution in [0.1, 0.15) is 44.7 Å². The molecular formula is C19H30N2O2. The molecule has 128 valence electrons. The summed E-state index contributed by atoms with van der Waals surface area (Å²) in [6.45, 7) is 12.4. The van der Waals surface area contributed by atoms with Crippen molar-refractivity contribution in [2.45, 2.75) is 65.6 Å². The molecule has 23 heavy (non-hydrogen) atoms. The molecule has 1 aromatic rings. The van der Waals surface area contributed by atoms with Crippen LogP contribution < -0.4 is 10.1 Å². The van der Waals surface area contributed by atoms with Crippen molar-refractivity contribution in [3.8, 4) is 5.75 Å². The van der Waals surface area contributed by atoms with E-state index in [4.69, 9.17) is 4.74 Å². The average molecular weight is 318 g/mol. The van der Waals surface area contributed by atoms with Gasteiger partial charge in [-0.2, -0.15) is 0 Å². The van der Waals surface area contributed by atoms with Gasteiger partial charge >= 0.3 is 0 Å². The van der Waals surface area contributed by atoms with Gasteiger partial charge in [0.1, 0.15) is 5.75 Å². The van der Waals surface area contributed by atoms with Gasteiger partial charge < -0.3 is 15.0 Å². The standard InChI is InChI=1S/C19H30N2O2/c1-13(2)21-11-9-17(10-12-21)20-19(22)16(5)23-18-8-6-7-14(3)15(18)4/h6-8,13,16-17H,9-12H2,1-5H3,(H,20,22)/t16-/m1/s1. The first-order chi connectivity index (χ1) is 10.9. The second kappa shape index (κ2) is 7.82. The third kappa shape index (κ3) is 4.71. The summed E-state index contributed by atoms with van der Waals surface area (Å²) in [7, 11) is 0. The molecule has 1 amide bonds. The van der Waals surface area contributed by atoms with Crippen molar-refractivity contribution >= 4 is 5.91 Å². The van der Waals surface area contributed by atoms with Crippen LogP contribution in [-0.2, 0) is 4.79 Å². The highest BCUT2D eigenvalue weighted by Crippen LogP contribution is 2.22.